The summed E-state index contributed by atoms with van der Waals surface area (Å²) in [5, 5.41) is 24.7. The van der Waals surface area contributed by atoms with Crippen LogP contribution in [0.5, 0.6) is 0 Å². The Kier molecular flexibility index (Phi) is 28.1. The average molecular weight is 1260 g/mol. The van der Waals surface area contributed by atoms with Crippen molar-refractivity contribution in [3.8, 4) is 0 Å². The van der Waals surface area contributed by atoms with Gasteiger partial charge in [-0.2, -0.15) is 0 Å². The number of amides is 9. The summed E-state index contributed by atoms with van der Waals surface area (Å²) in [6, 6.07) is 5.01. The summed E-state index contributed by atoms with van der Waals surface area (Å²) < 4.78 is 9.64. The molecule has 0 radical (unpaired) electrons. The number of aromatic nitrogens is 9. The van der Waals surface area contributed by atoms with E-state index in [1.807, 2.05) is 30.8 Å². The third kappa shape index (κ3) is 21.0. The molecule has 6 aromatic rings. The van der Waals surface area contributed by atoms with Crippen molar-refractivity contribution < 1.29 is 65.1 Å². The first-order chi connectivity index (χ1) is 41.0. The van der Waals surface area contributed by atoms with E-state index in [4.69, 9.17) is 0 Å². The number of anilines is 4. The minimum absolute atomic E-state index is 0. The second-order valence-electron chi connectivity index (χ2n) is 21.9. The number of nitrogens with one attached hydrogen (secondary N) is 10. The van der Waals surface area contributed by atoms with Gasteiger partial charge in [-0.3, -0.25) is 43.2 Å². The Bertz CT molecular complexity index is 3350. The monoisotopic (exact) mass is 1260 g/mol. The Morgan fingerprint density at radius 1 is 0.511 bits per heavy atom. The molecule has 2 aliphatic carbocycles. The van der Waals surface area contributed by atoms with Crippen molar-refractivity contribution in [1.29, 1.82) is 0 Å². The van der Waals surface area contributed by atoms with Crippen LogP contribution in [0.25, 0.3) is 0 Å². The number of carbonyl (C=O) groups is 9. The largest absolute Gasteiger partial charge is 0.356 e. The van der Waals surface area contributed by atoms with Crippen LogP contribution in [0.1, 0.15) is 147 Å². The minimum Gasteiger partial charge on any atom is -0.356 e. The number of nitrogens with zero attached hydrogens (tertiary/aromatic N) is 9. The van der Waals surface area contributed by atoms with Crippen LogP contribution < -0.4 is 52.8 Å². The number of imidazole rings is 3. The zero-order chi connectivity index (χ0) is 62.6. The molecular weight excluding hydrogens is 1170 g/mol. The summed E-state index contributed by atoms with van der Waals surface area (Å²) in [6.45, 7) is 4.88. The van der Waals surface area contributed by atoms with Crippen LogP contribution in [0, 0.1) is 18.8 Å². The Morgan fingerprint density at radius 2 is 0.977 bits per heavy atom. The van der Waals surface area contributed by atoms with Crippen molar-refractivity contribution >= 4 is 76.2 Å². The fourth-order valence-corrected chi connectivity index (χ4v) is 9.92. The van der Waals surface area contributed by atoms with Crippen LogP contribution in [-0.2, 0) is 73.7 Å². The second kappa shape index (κ2) is 34.5. The zero-order valence-electron chi connectivity index (χ0n) is 51.3. The van der Waals surface area contributed by atoms with Gasteiger partial charge in [0.2, 0.25) is 29.4 Å². The first-order valence-electron chi connectivity index (χ1n) is 28.9. The maximum absolute atomic E-state index is 12.8. The SMILES string of the molecule is C.CNC(=O)c1nc(NC(=O)c2cc(NC(=O)CCCNC(=O)C3CCCC3)cn2C)cn1C.Cc1cc(C(=O)NCCC[NH+](C)C)n(C)c1.Cn1cc(NC(=O)c2nccn2C)cc1C(=O)Nc1cn(C)c(C(=O)NCCNC(=O)C2CCCC2)n1.[Fe]. The molecule has 0 aliphatic heterocycles. The molecule has 480 valence electrons. The summed E-state index contributed by atoms with van der Waals surface area (Å²) in [5.41, 5.74) is 3.38. The van der Waals surface area contributed by atoms with Crippen molar-refractivity contribution in [3.63, 3.8) is 0 Å². The van der Waals surface area contributed by atoms with Gasteiger partial charge in [-0.05, 0) is 62.8 Å². The molecule has 28 nitrogen and oxygen atoms in total. The van der Waals surface area contributed by atoms with Gasteiger partial charge >= 0.3 is 0 Å². The maximum Gasteiger partial charge on any atom is 0.291 e. The van der Waals surface area contributed by atoms with Gasteiger partial charge < -0.3 is 80.2 Å². The van der Waals surface area contributed by atoms with Gasteiger partial charge in [-0.15, -0.1) is 0 Å². The first kappa shape index (κ1) is 71.7. The van der Waals surface area contributed by atoms with E-state index in [1.54, 1.807) is 79.8 Å². The van der Waals surface area contributed by atoms with Crippen molar-refractivity contribution in [2.45, 2.75) is 85.0 Å². The zero-order valence-corrected chi connectivity index (χ0v) is 52.4. The molecule has 88 heavy (non-hydrogen) atoms. The Morgan fingerprint density at radius 3 is 1.47 bits per heavy atom. The predicted molar refractivity (Wildman–Crippen MR) is 329 cm³/mol. The fourth-order valence-electron chi connectivity index (χ4n) is 9.92. The van der Waals surface area contributed by atoms with Crippen molar-refractivity contribution in [2.24, 2.45) is 54.1 Å². The van der Waals surface area contributed by atoms with E-state index in [0.29, 0.717) is 36.6 Å². The van der Waals surface area contributed by atoms with E-state index in [9.17, 15) is 43.2 Å². The van der Waals surface area contributed by atoms with Gasteiger partial charge in [0.15, 0.2) is 17.5 Å². The molecule has 0 atom stereocenters. The quantitative estimate of drug-likeness (QED) is 0.0327. The first-order valence-corrected chi connectivity index (χ1v) is 28.9. The number of hydrogen-bond donors (Lipinski definition) is 10. The maximum atomic E-state index is 12.8. The molecule has 29 heteroatoms. The van der Waals surface area contributed by atoms with Crippen LogP contribution in [0.2, 0.25) is 0 Å². The summed E-state index contributed by atoms with van der Waals surface area (Å²) in [6.07, 6.45) is 21.4. The van der Waals surface area contributed by atoms with Crippen LogP contribution in [0.4, 0.5) is 23.0 Å². The summed E-state index contributed by atoms with van der Waals surface area (Å²) in [5.74, 6) is -0.941. The summed E-state index contributed by atoms with van der Waals surface area (Å²) in [4.78, 5) is 124. The molecule has 0 unspecified atom stereocenters. The molecule has 0 aromatic carbocycles. The smallest absolute Gasteiger partial charge is 0.291 e. The van der Waals surface area contributed by atoms with Crippen molar-refractivity contribution in [2.75, 3.05) is 75.1 Å². The standard InChI is InChI=1S/C24H31N9O4.C22H31N7O4.C12H21N3O.CH4.Fe/c1-31-11-10-25-19(31)24(37)28-16-12-17(32(2)13-16)22(35)30-18-14-33(3)20(29-18)23(36)27-9-8-26-21(34)15-6-4-5-7-15;1-23-22(33)19-26-17(13-29(19)3)27-21(32)16-11-15(12-28(16)2)25-18(30)9-6-10-24-20(31)14-7-4-5-8-14;1-10-8-11(15(4)9-10)12(16)13-6-5-7-14(2)3;;/h10-15H,4-9H2,1-3H3,(H,26,34)(H,27,36)(H,28,37)(H,30,35);11-14H,4-10H2,1-3H3,(H,23,33)(H,24,31)(H,25,30)(H,27,32);8-9H,5-7H2,1-4H3,(H,13,16);1H4;/p+1. The normalized spacial score (nSPS) is 12.7. The number of carbonyl (C=O) groups excluding carboxylic acids is 9. The summed E-state index contributed by atoms with van der Waals surface area (Å²) >= 11 is 0. The van der Waals surface area contributed by atoms with Crippen LogP contribution in [0.15, 0.2) is 61.6 Å². The molecule has 0 bridgehead atoms. The molecule has 0 spiro atoms. The van der Waals surface area contributed by atoms with Gasteiger partial charge in [0.25, 0.3) is 35.4 Å². The van der Waals surface area contributed by atoms with Crippen molar-refractivity contribution in [1.82, 2.24) is 68.9 Å². The molecule has 2 aliphatic rings. The molecule has 2 saturated carbocycles. The van der Waals surface area contributed by atoms with Crippen LogP contribution in [0.3, 0.4) is 0 Å². The molecule has 10 N–H and O–H groups in total. The number of quaternary nitrogens is 1. The Balaban J connectivity index is 0.000000299. The van der Waals surface area contributed by atoms with Gasteiger partial charge in [-0.1, -0.05) is 33.1 Å². The predicted octanol–water partition coefficient (Wildman–Crippen LogP) is 2.66. The van der Waals surface area contributed by atoms with Crippen molar-refractivity contribution in [3.05, 3.63) is 102 Å². The van der Waals surface area contributed by atoms with Gasteiger partial charge in [0, 0.05) is 161 Å². The van der Waals surface area contributed by atoms with E-state index < -0.39 is 23.6 Å². The number of rotatable bonds is 23. The van der Waals surface area contributed by atoms with E-state index in [-0.39, 0.29) is 114 Å². The topological polar surface area (TPSA) is 335 Å². The van der Waals surface area contributed by atoms with E-state index in [1.165, 1.54) is 39.5 Å². The van der Waals surface area contributed by atoms with Gasteiger partial charge in [0.1, 0.15) is 17.1 Å². The molecule has 0 saturated heterocycles. The Labute approximate surface area is 524 Å². The van der Waals surface area contributed by atoms with E-state index in [0.717, 1.165) is 82.1 Å². The fraction of sp³-hybridized carbons (Fsp3) is 0.492. The second-order valence-corrected chi connectivity index (χ2v) is 21.9. The Hall–Kier alpha value is -8.82. The molecule has 8 rings (SSSR count). The average Bonchev–Trinajstić information content (AvgIpc) is 4.55. The van der Waals surface area contributed by atoms with E-state index in [2.05, 4.69) is 76.9 Å². The molecule has 6 heterocycles. The van der Waals surface area contributed by atoms with Crippen LogP contribution in [-0.4, -0.2) is 149 Å². The molecule has 2 fully saturated rings. The third-order valence-corrected chi connectivity index (χ3v) is 14.5. The number of hydrogen-bond acceptors (Lipinski definition) is 12. The molecule has 9 amide bonds. The van der Waals surface area contributed by atoms with Gasteiger partial charge in [-0.25, -0.2) is 15.0 Å². The summed E-state index contributed by atoms with van der Waals surface area (Å²) in [7, 11) is 16.0. The third-order valence-electron chi connectivity index (χ3n) is 14.5. The van der Waals surface area contributed by atoms with Gasteiger partial charge in [0.05, 0.1) is 32.0 Å². The molecular formula is C59H88FeN19O9+. The van der Waals surface area contributed by atoms with Crippen LogP contribution >= 0.6 is 0 Å². The minimum atomic E-state index is -0.459. The molecule has 6 aromatic heterocycles. The van der Waals surface area contributed by atoms with E-state index >= 15 is 0 Å². The number of aryl methyl sites for hydroxylation is 7.